The second-order valence-corrected chi connectivity index (χ2v) is 6.64. The fourth-order valence-electron chi connectivity index (χ4n) is 2.46. The van der Waals surface area contributed by atoms with E-state index < -0.39 is 0 Å². The maximum absolute atomic E-state index is 12.3. The molecule has 0 radical (unpaired) electrons. The van der Waals surface area contributed by atoms with Crippen LogP contribution >= 0.6 is 11.3 Å². The Bertz CT molecular complexity index is 759. The molecule has 4 heteroatoms. The standard InChI is InChI=1S/C19H20N2OS/c1-2-3-5-14-7-9-15(10-8-14)13-21-18(22)17-12-16-6-4-11-20-19(16)23-17/h4,6-12H,2-3,5,13H2,1H3,(H,21,22). The number of unbranched alkanes of at least 4 members (excludes halogenated alkanes) is 1. The lowest BCUT2D eigenvalue weighted by Crippen LogP contribution is -2.21. The molecule has 0 aliphatic heterocycles. The molecule has 2 heterocycles. The Morgan fingerprint density at radius 2 is 1.96 bits per heavy atom. The Hall–Kier alpha value is -2.20. The number of thiophene rings is 1. The molecule has 1 aromatic carbocycles. The highest BCUT2D eigenvalue weighted by molar-refractivity contribution is 7.20. The number of rotatable bonds is 6. The number of benzene rings is 1. The van der Waals surface area contributed by atoms with Gasteiger partial charge in [0.25, 0.3) is 5.91 Å². The van der Waals surface area contributed by atoms with Crippen LogP contribution in [-0.2, 0) is 13.0 Å². The van der Waals surface area contributed by atoms with E-state index in [9.17, 15) is 4.79 Å². The van der Waals surface area contributed by atoms with Crippen molar-refractivity contribution in [2.24, 2.45) is 0 Å². The zero-order valence-electron chi connectivity index (χ0n) is 13.2. The Morgan fingerprint density at radius 3 is 2.70 bits per heavy atom. The van der Waals surface area contributed by atoms with Crippen molar-refractivity contribution in [1.29, 1.82) is 0 Å². The van der Waals surface area contributed by atoms with Gasteiger partial charge in [0.1, 0.15) is 4.83 Å². The van der Waals surface area contributed by atoms with Crippen molar-refractivity contribution < 1.29 is 4.79 Å². The van der Waals surface area contributed by atoms with E-state index in [1.807, 2.05) is 18.2 Å². The van der Waals surface area contributed by atoms with Gasteiger partial charge in [0.15, 0.2) is 0 Å². The third-order valence-electron chi connectivity index (χ3n) is 3.81. The molecule has 0 aliphatic carbocycles. The average Bonchev–Trinajstić information content (AvgIpc) is 3.03. The van der Waals surface area contributed by atoms with Crippen LogP contribution in [0.2, 0.25) is 0 Å². The smallest absolute Gasteiger partial charge is 0.261 e. The summed E-state index contributed by atoms with van der Waals surface area (Å²) in [6.07, 6.45) is 5.30. The van der Waals surface area contributed by atoms with Crippen molar-refractivity contribution in [3.8, 4) is 0 Å². The highest BCUT2D eigenvalue weighted by Gasteiger charge is 2.10. The largest absolute Gasteiger partial charge is 0.347 e. The fraction of sp³-hybridized carbons (Fsp3) is 0.263. The maximum atomic E-state index is 12.3. The first-order valence-electron chi connectivity index (χ1n) is 7.97. The predicted molar refractivity (Wildman–Crippen MR) is 95.8 cm³/mol. The molecule has 118 valence electrons. The van der Waals surface area contributed by atoms with Gasteiger partial charge in [0.05, 0.1) is 4.88 Å². The number of aryl methyl sites for hydroxylation is 1. The van der Waals surface area contributed by atoms with Crippen LogP contribution < -0.4 is 5.32 Å². The average molecular weight is 324 g/mol. The molecule has 1 amide bonds. The summed E-state index contributed by atoms with van der Waals surface area (Å²) in [5.41, 5.74) is 2.48. The van der Waals surface area contributed by atoms with Gasteiger partial charge in [0.2, 0.25) is 0 Å². The van der Waals surface area contributed by atoms with Gasteiger partial charge >= 0.3 is 0 Å². The number of amides is 1. The molecule has 0 spiro atoms. The van der Waals surface area contributed by atoms with Gasteiger partial charge in [0, 0.05) is 18.1 Å². The number of carbonyl (C=O) groups is 1. The lowest BCUT2D eigenvalue weighted by molar-refractivity contribution is 0.0955. The van der Waals surface area contributed by atoms with E-state index in [1.54, 1.807) is 6.20 Å². The number of pyridine rings is 1. The van der Waals surface area contributed by atoms with Gasteiger partial charge in [-0.3, -0.25) is 4.79 Å². The number of nitrogens with zero attached hydrogens (tertiary/aromatic N) is 1. The van der Waals surface area contributed by atoms with E-state index in [0.29, 0.717) is 11.4 Å². The molecule has 1 N–H and O–H groups in total. The predicted octanol–water partition coefficient (Wildman–Crippen LogP) is 4.57. The summed E-state index contributed by atoms with van der Waals surface area (Å²) in [4.78, 5) is 18.2. The van der Waals surface area contributed by atoms with Crippen LogP contribution in [0.5, 0.6) is 0 Å². The van der Waals surface area contributed by atoms with Crippen molar-refractivity contribution in [3.05, 3.63) is 64.7 Å². The molecule has 23 heavy (non-hydrogen) atoms. The van der Waals surface area contributed by atoms with E-state index in [4.69, 9.17) is 0 Å². The molecule has 0 unspecified atom stereocenters. The summed E-state index contributed by atoms with van der Waals surface area (Å²) in [6, 6.07) is 14.3. The van der Waals surface area contributed by atoms with Gasteiger partial charge in [-0.1, -0.05) is 43.7 Å². The van der Waals surface area contributed by atoms with Gasteiger partial charge in [-0.15, -0.1) is 11.3 Å². The molecular formula is C19H20N2OS. The third-order valence-corrected chi connectivity index (χ3v) is 4.87. The van der Waals surface area contributed by atoms with Gasteiger partial charge in [-0.05, 0) is 36.1 Å². The minimum atomic E-state index is -0.0388. The first-order valence-corrected chi connectivity index (χ1v) is 8.78. The first-order chi connectivity index (χ1) is 11.3. The Balaban J connectivity index is 1.60. The lowest BCUT2D eigenvalue weighted by atomic mass is 10.1. The number of carbonyl (C=O) groups excluding carboxylic acids is 1. The van der Waals surface area contributed by atoms with Crippen LogP contribution in [-0.4, -0.2) is 10.9 Å². The van der Waals surface area contributed by atoms with E-state index in [2.05, 4.69) is 41.5 Å². The molecule has 2 aromatic heterocycles. The van der Waals surface area contributed by atoms with E-state index in [0.717, 1.165) is 22.2 Å². The van der Waals surface area contributed by atoms with Crippen LogP contribution in [0.15, 0.2) is 48.7 Å². The molecule has 0 saturated carbocycles. The zero-order chi connectivity index (χ0) is 16.1. The van der Waals surface area contributed by atoms with Crippen LogP contribution in [0.4, 0.5) is 0 Å². The lowest BCUT2D eigenvalue weighted by Gasteiger charge is -2.05. The number of aromatic nitrogens is 1. The molecule has 0 bridgehead atoms. The molecule has 0 saturated heterocycles. The van der Waals surface area contributed by atoms with Gasteiger partial charge in [-0.2, -0.15) is 0 Å². The number of hydrogen-bond acceptors (Lipinski definition) is 3. The molecule has 0 atom stereocenters. The molecular weight excluding hydrogens is 304 g/mol. The Morgan fingerprint density at radius 1 is 1.17 bits per heavy atom. The molecule has 3 rings (SSSR count). The first kappa shape index (κ1) is 15.7. The summed E-state index contributed by atoms with van der Waals surface area (Å²) in [6.45, 7) is 2.75. The summed E-state index contributed by atoms with van der Waals surface area (Å²) in [7, 11) is 0. The molecule has 0 fully saturated rings. The quantitative estimate of drug-likeness (QED) is 0.722. The minimum Gasteiger partial charge on any atom is -0.347 e. The molecule has 3 aromatic rings. The SMILES string of the molecule is CCCCc1ccc(CNC(=O)c2cc3cccnc3s2)cc1. The topological polar surface area (TPSA) is 42.0 Å². The van der Waals surface area contributed by atoms with Crippen molar-refractivity contribution in [2.45, 2.75) is 32.7 Å². The normalized spacial score (nSPS) is 10.8. The zero-order valence-corrected chi connectivity index (χ0v) is 14.0. The number of hydrogen-bond donors (Lipinski definition) is 1. The molecule has 0 aliphatic rings. The molecule has 3 nitrogen and oxygen atoms in total. The highest BCUT2D eigenvalue weighted by Crippen LogP contribution is 2.23. The van der Waals surface area contributed by atoms with Crippen LogP contribution in [0, 0.1) is 0 Å². The second-order valence-electron chi connectivity index (χ2n) is 5.61. The summed E-state index contributed by atoms with van der Waals surface area (Å²) in [5.74, 6) is -0.0388. The van der Waals surface area contributed by atoms with Crippen LogP contribution in [0.3, 0.4) is 0 Å². The number of nitrogens with one attached hydrogen (secondary N) is 1. The van der Waals surface area contributed by atoms with Gasteiger partial charge < -0.3 is 5.32 Å². The maximum Gasteiger partial charge on any atom is 0.261 e. The fourth-order valence-corrected chi connectivity index (χ4v) is 3.38. The monoisotopic (exact) mass is 324 g/mol. The highest BCUT2D eigenvalue weighted by atomic mass is 32.1. The minimum absolute atomic E-state index is 0.0388. The van der Waals surface area contributed by atoms with Crippen molar-refractivity contribution >= 4 is 27.5 Å². The van der Waals surface area contributed by atoms with E-state index in [-0.39, 0.29) is 5.91 Å². The Kier molecular flexibility index (Phi) is 5.03. The van der Waals surface area contributed by atoms with Crippen molar-refractivity contribution in [3.63, 3.8) is 0 Å². The third kappa shape index (κ3) is 3.96. The van der Waals surface area contributed by atoms with E-state index in [1.165, 1.54) is 29.7 Å². The summed E-state index contributed by atoms with van der Waals surface area (Å²) < 4.78 is 0. The van der Waals surface area contributed by atoms with Crippen molar-refractivity contribution in [2.75, 3.05) is 0 Å². The van der Waals surface area contributed by atoms with Crippen molar-refractivity contribution in [1.82, 2.24) is 10.3 Å². The Labute approximate surface area is 140 Å². The summed E-state index contributed by atoms with van der Waals surface area (Å²) >= 11 is 1.43. The van der Waals surface area contributed by atoms with Gasteiger partial charge in [-0.25, -0.2) is 4.98 Å². The van der Waals surface area contributed by atoms with E-state index >= 15 is 0 Å². The summed E-state index contributed by atoms with van der Waals surface area (Å²) in [5, 5.41) is 4.00. The van der Waals surface area contributed by atoms with Crippen LogP contribution in [0.25, 0.3) is 10.2 Å². The number of fused-ring (bicyclic) bond motifs is 1. The second kappa shape index (κ2) is 7.38. The van der Waals surface area contributed by atoms with Crippen LogP contribution in [0.1, 0.15) is 40.6 Å².